The summed E-state index contributed by atoms with van der Waals surface area (Å²) in [7, 11) is 1.77. The molecule has 0 radical (unpaired) electrons. The van der Waals surface area contributed by atoms with Crippen LogP contribution in [0.1, 0.15) is 34.8 Å². The quantitative estimate of drug-likeness (QED) is 0.438. The molecule has 1 aromatic heterocycles. The first-order valence-electron chi connectivity index (χ1n) is 9.17. The number of thiazole rings is 1. The van der Waals surface area contributed by atoms with Gasteiger partial charge in [-0.05, 0) is 43.7 Å². The number of rotatable bonds is 7. The molecule has 0 saturated carbocycles. The number of benzene rings is 2. The van der Waals surface area contributed by atoms with Crippen LogP contribution in [0.3, 0.4) is 0 Å². The molecule has 0 saturated heterocycles. The molecule has 1 atom stereocenters. The molecular formula is C22H22Cl2N2O2S. The number of carbonyl (C=O) groups excluding carboxylic acids is 1. The first-order valence-corrected chi connectivity index (χ1v) is 10.8. The lowest BCUT2D eigenvalue weighted by molar-refractivity contribution is -0.131. The van der Waals surface area contributed by atoms with Crippen LogP contribution in [-0.2, 0) is 17.8 Å². The van der Waals surface area contributed by atoms with Crippen molar-refractivity contribution in [3.05, 3.63) is 79.7 Å². The summed E-state index contributed by atoms with van der Waals surface area (Å²) in [5, 5.41) is 3.86. The van der Waals surface area contributed by atoms with Crippen LogP contribution in [0.15, 0.2) is 47.8 Å². The van der Waals surface area contributed by atoms with Gasteiger partial charge in [0.25, 0.3) is 0 Å². The molecule has 0 aliphatic heterocycles. The summed E-state index contributed by atoms with van der Waals surface area (Å²) >= 11 is 13.7. The maximum absolute atomic E-state index is 12.7. The molecule has 0 aliphatic rings. The molecule has 2 aromatic carbocycles. The van der Waals surface area contributed by atoms with Crippen LogP contribution >= 0.6 is 34.5 Å². The molecule has 0 unspecified atom stereocenters. The minimum absolute atomic E-state index is 0.0279. The predicted molar refractivity (Wildman–Crippen MR) is 119 cm³/mol. The van der Waals surface area contributed by atoms with Gasteiger partial charge >= 0.3 is 0 Å². The van der Waals surface area contributed by atoms with E-state index in [0.717, 1.165) is 22.0 Å². The van der Waals surface area contributed by atoms with Crippen molar-refractivity contribution in [2.24, 2.45) is 0 Å². The van der Waals surface area contributed by atoms with Gasteiger partial charge in [-0.25, -0.2) is 4.98 Å². The van der Waals surface area contributed by atoms with Crippen molar-refractivity contribution in [1.82, 2.24) is 9.88 Å². The Morgan fingerprint density at radius 3 is 2.62 bits per heavy atom. The van der Waals surface area contributed by atoms with E-state index >= 15 is 0 Å². The van der Waals surface area contributed by atoms with Crippen LogP contribution < -0.4 is 4.74 Å². The summed E-state index contributed by atoms with van der Waals surface area (Å²) in [4.78, 5) is 18.9. The molecule has 3 aromatic rings. The summed E-state index contributed by atoms with van der Waals surface area (Å²) in [5.74, 6) is 0.775. The highest BCUT2D eigenvalue weighted by molar-refractivity contribution is 7.09. The number of aryl methyl sites for hydroxylation is 1. The third-order valence-electron chi connectivity index (χ3n) is 4.70. The van der Waals surface area contributed by atoms with Gasteiger partial charge in [0.05, 0.1) is 18.2 Å². The van der Waals surface area contributed by atoms with Gasteiger partial charge < -0.3 is 9.64 Å². The Hall–Kier alpha value is -2.08. The van der Waals surface area contributed by atoms with Crippen LogP contribution in [0, 0.1) is 6.92 Å². The second-order valence-corrected chi connectivity index (χ2v) is 8.64. The fourth-order valence-electron chi connectivity index (χ4n) is 2.82. The Labute approximate surface area is 185 Å². The molecule has 7 heteroatoms. The first-order chi connectivity index (χ1) is 13.8. The number of aromatic nitrogens is 1. The largest absolute Gasteiger partial charge is 0.486 e. The van der Waals surface area contributed by atoms with Gasteiger partial charge in [0, 0.05) is 22.5 Å². The summed E-state index contributed by atoms with van der Waals surface area (Å²) < 4.78 is 5.76. The Balaban J connectivity index is 1.58. The van der Waals surface area contributed by atoms with Crippen molar-refractivity contribution in [3.63, 3.8) is 0 Å². The van der Waals surface area contributed by atoms with E-state index in [2.05, 4.69) is 4.98 Å². The molecule has 0 fully saturated rings. The highest BCUT2D eigenvalue weighted by atomic mass is 35.5. The minimum Gasteiger partial charge on any atom is -0.486 e. The number of ether oxygens (including phenoxy) is 1. The lowest BCUT2D eigenvalue weighted by Crippen LogP contribution is -2.31. The van der Waals surface area contributed by atoms with Gasteiger partial charge in [0.1, 0.15) is 17.4 Å². The van der Waals surface area contributed by atoms with E-state index in [-0.39, 0.29) is 18.4 Å². The zero-order chi connectivity index (χ0) is 21.0. The molecule has 0 N–H and O–H groups in total. The van der Waals surface area contributed by atoms with Gasteiger partial charge in [-0.2, -0.15) is 0 Å². The molecule has 1 heterocycles. The number of carbonyl (C=O) groups is 1. The van der Waals surface area contributed by atoms with Crippen molar-refractivity contribution in [2.75, 3.05) is 7.05 Å². The lowest BCUT2D eigenvalue weighted by atomic mass is 10.1. The van der Waals surface area contributed by atoms with Gasteiger partial charge in [-0.15, -0.1) is 11.3 Å². The van der Waals surface area contributed by atoms with Crippen LogP contribution in [0.4, 0.5) is 0 Å². The first kappa shape index (κ1) is 21.6. The molecule has 1 amide bonds. The highest BCUT2D eigenvalue weighted by Crippen LogP contribution is 2.29. The van der Waals surface area contributed by atoms with Crippen molar-refractivity contribution >= 4 is 40.4 Å². The summed E-state index contributed by atoms with van der Waals surface area (Å²) in [6, 6.07) is 13.0. The Morgan fingerprint density at radius 2 is 1.93 bits per heavy atom. The minimum atomic E-state index is -0.171. The molecule has 0 aliphatic carbocycles. The fourth-order valence-corrected chi connectivity index (χ4v) is 4.09. The van der Waals surface area contributed by atoms with E-state index in [1.165, 1.54) is 16.9 Å². The normalized spacial score (nSPS) is 11.9. The molecular weight excluding hydrogens is 427 g/mol. The van der Waals surface area contributed by atoms with E-state index in [1.807, 2.05) is 49.6 Å². The van der Waals surface area contributed by atoms with E-state index in [1.54, 1.807) is 24.1 Å². The standard InChI is InChI=1S/C22H22Cl2N2O2S/c1-14-4-7-18(8-5-14)28-12-21-25-17(13-29-21)11-22(27)26(3)15(2)19-9-6-16(23)10-20(19)24/h4-10,13,15H,11-12H2,1-3H3/t15-/m1/s1. The number of amides is 1. The van der Waals surface area contributed by atoms with Crippen LogP contribution in [0.25, 0.3) is 0 Å². The molecule has 29 heavy (non-hydrogen) atoms. The summed E-state index contributed by atoms with van der Waals surface area (Å²) in [6.07, 6.45) is 0.229. The number of likely N-dealkylation sites (N-methyl/N-ethyl adjacent to an activating group) is 1. The van der Waals surface area contributed by atoms with Crippen molar-refractivity contribution in [3.8, 4) is 5.75 Å². The Kier molecular flexibility index (Phi) is 7.17. The zero-order valence-corrected chi connectivity index (χ0v) is 18.8. The maximum Gasteiger partial charge on any atom is 0.228 e. The van der Waals surface area contributed by atoms with Crippen LogP contribution in [0.5, 0.6) is 5.75 Å². The van der Waals surface area contributed by atoms with Gasteiger partial charge in [0.15, 0.2) is 0 Å². The van der Waals surface area contributed by atoms with Crippen LogP contribution in [0.2, 0.25) is 10.0 Å². The summed E-state index contributed by atoms with van der Waals surface area (Å²) in [5.41, 5.74) is 2.78. The third-order valence-corrected chi connectivity index (χ3v) is 6.14. The topological polar surface area (TPSA) is 42.4 Å². The smallest absolute Gasteiger partial charge is 0.228 e. The van der Waals surface area contributed by atoms with Crippen molar-refractivity contribution < 1.29 is 9.53 Å². The average molecular weight is 449 g/mol. The highest BCUT2D eigenvalue weighted by Gasteiger charge is 2.20. The van der Waals surface area contributed by atoms with E-state index in [9.17, 15) is 4.79 Å². The fraction of sp³-hybridized carbons (Fsp3) is 0.273. The average Bonchev–Trinajstić information content (AvgIpc) is 3.13. The van der Waals surface area contributed by atoms with Gasteiger partial charge in [-0.3, -0.25) is 4.79 Å². The second-order valence-electron chi connectivity index (χ2n) is 6.86. The lowest BCUT2D eigenvalue weighted by Gasteiger charge is -2.26. The van der Waals surface area contributed by atoms with Crippen molar-refractivity contribution in [1.29, 1.82) is 0 Å². The molecule has 152 valence electrons. The number of hydrogen-bond donors (Lipinski definition) is 0. The SMILES string of the molecule is Cc1ccc(OCc2nc(CC(=O)N(C)[C@H](C)c3ccc(Cl)cc3Cl)cs2)cc1. The molecule has 0 spiro atoms. The van der Waals surface area contributed by atoms with E-state index in [4.69, 9.17) is 27.9 Å². The predicted octanol–water partition coefficient (Wildman–Crippen LogP) is 6.10. The van der Waals surface area contributed by atoms with Crippen molar-refractivity contribution in [2.45, 2.75) is 32.9 Å². The number of hydrogen-bond acceptors (Lipinski definition) is 4. The Bertz CT molecular complexity index is 989. The van der Waals surface area contributed by atoms with Gasteiger partial charge in [0.2, 0.25) is 5.91 Å². The third kappa shape index (κ3) is 5.72. The monoisotopic (exact) mass is 448 g/mol. The van der Waals surface area contributed by atoms with Gasteiger partial charge in [-0.1, -0.05) is 47.0 Å². The Morgan fingerprint density at radius 1 is 1.21 bits per heavy atom. The van der Waals surface area contributed by atoms with Crippen LogP contribution in [-0.4, -0.2) is 22.8 Å². The number of halogens is 2. The molecule has 0 bridgehead atoms. The number of nitrogens with zero attached hydrogens (tertiary/aromatic N) is 2. The second kappa shape index (κ2) is 9.61. The maximum atomic E-state index is 12.7. The van der Waals surface area contributed by atoms with E-state index < -0.39 is 0 Å². The zero-order valence-electron chi connectivity index (χ0n) is 16.5. The molecule has 4 nitrogen and oxygen atoms in total. The van der Waals surface area contributed by atoms with E-state index in [0.29, 0.717) is 16.7 Å². The summed E-state index contributed by atoms with van der Waals surface area (Å²) in [6.45, 7) is 4.36. The molecule has 3 rings (SSSR count).